The Morgan fingerprint density at radius 3 is 2.39 bits per heavy atom. The minimum Gasteiger partial charge on any atom is -0.339 e. The van der Waals surface area contributed by atoms with Gasteiger partial charge in [0.15, 0.2) is 0 Å². The molecule has 1 aromatic heterocycles. The summed E-state index contributed by atoms with van der Waals surface area (Å²) >= 11 is 0. The zero-order valence-corrected chi connectivity index (χ0v) is 18.6. The van der Waals surface area contributed by atoms with Gasteiger partial charge in [-0.15, -0.1) is 0 Å². The molecule has 0 spiro atoms. The fourth-order valence-corrected chi connectivity index (χ4v) is 4.44. The summed E-state index contributed by atoms with van der Waals surface area (Å²) < 4.78 is 27.9. The zero-order valence-electron chi connectivity index (χ0n) is 17.7. The van der Waals surface area contributed by atoms with Crippen LogP contribution in [0.2, 0.25) is 0 Å². The summed E-state index contributed by atoms with van der Waals surface area (Å²) in [7, 11) is -3.65. The van der Waals surface area contributed by atoms with Gasteiger partial charge in [0, 0.05) is 43.6 Å². The number of hydrogen-bond donors (Lipinski definition) is 2. The van der Waals surface area contributed by atoms with Crippen molar-refractivity contribution in [1.82, 2.24) is 14.6 Å². The molecule has 2 N–H and O–H groups in total. The average molecular weight is 445 g/mol. The predicted molar refractivity (Wildman–Crippen MR) is 118 cm³/mol. The van der Waals surface area contributed by atoms with E-state index in [0.29, 0.717) is 30.9 Å². The molecule has 0 radical (unpaired) electrons. The van der Waals surface area contributed by atoms with Crippen molar-refractivity contribution in [2.45, 2.75) is 31.6 Å². The Labute approximate surface area is 183 Å². The second kappa shape index (κ2) is 10.0. The van der Waals surface area contributed by atoms with Gasteiger partial charge in [-0.3, -0.25) is 14.6 Å². The Morgan fingerprint density at radius 2 is 1.81 bits per heavy atom. The number of piperidine rings is 1. The third kappa shape index (κ3) is 6.11. The smallest absolute Gasteiger partial charge is 0.255 e. The van der Waals surface area contributed by atoms with Crippen LogP contribution in [0.5, 0.6) is 0 Å². The van der Waals surface area contributed by atoms with E-state index in [0.717, 1.165) is 12.8 Å². The second-order valence-corrected chi connectivity index (χ2v) is 9.76. The lowest BCUT2D eigenvalue weighted by molar-refractivity contribution is -0.118. The average Bonchev–Trinajstić information content (AvgIpc) is 2.78. The van der Waals surface area contributed by atoms with Crippen LogP contribution in [0.25, 0.3) is 0 Å². The number of benzene rings is 1. The van der Waals surface area contributed by atoms with Crippen LogP contribution in [0.15, 0.2) is 53.7 Å². The van der Waals surface area contributed by atoms with E-state index < -0.39 is 10.0 Å². The number of nitrogens with one attached hydrogen (secondary N) is 2. The number of carbonyl (C=O) groups excluding carboxylic acids is 2. The highest BCUT2D eigenvalue weighted by atomic mass is 32.2. The monoisotopic (exact) mass is 444 g/mol. The number of anilines is 1. The molecule has 0 bridgehead atoms. The fourth-order valence-electron chi connectivity index (χ4n) is 3.33. The third-order valence-electron chi connectivity index (χ3n) is 5.33. The van der Waals surface area contributed by atoms with Crippen molar-refractivity contribution >= 4 is 27.5 Å². The molecule has 2 heterocycles. The van der Waals surface area contributed by atoms with Crippen LogP contribution in [-0.2, 0) is 14.8 Å². The molecule has 1 aromatic carbocycles. The summed E-state index contributed by atoms with van der Waals surface area (Å²) in [5, 5.41) is 2.74. The highest BCUT2D eigenvalue weighted by Crippen LogP contribution is 2.20. The van der Waals surface area contributed by atoms with E-state index in [2.05, 4.69) is 15.0 Å². The largest absolute Gasteiger partial charge is 0.339 e. The minimum absolute atomic E-state index is 0.0446. The number of amides is 2. The molecule has 8 nitrogen and oxygen atoms in total. The minimum atomic E-state index is -3.65. The van der Waals surface area contributed by atoms with E-state index in [4.69, 9.17) is 0 Å². The van der Waals surface area contributed by atoms with Crippen molar-refractivity contribution in [1.29, 1.82) is 0 Å². The lowest BCUT2D eigenvalue weighted by atomic mass is 9.97. The Kier molecular flexibility index (Phi) is 7.40. The van der Waals surface area contributed by atoms with Crippen LogP contribution >= 0.6 is 0 Å². The number of aromatic nitrogens is 1. The Morgan fingerprint density at radius 1 is 1.13 bits per heavy atom. The lowest BCUT2D eigenvalue weighted by Gasteiger charge is -2.32. The number of nitrogens with zero attached hydrogens (tertiary/aromatic N) is 2. The van der Waals surface area contributed by atoms with Crippen LogP contribution in [-0.4, -0.2) is 49.8 Å². The van der Waals surface area contributed by atoms with Crippen LogP contribution in [0, 0.1) is 11.8 Å². The molecule has 166 valence electrons. The molecule has 0 atom stereocenters. The summed E-state index contributed by atoms with van der Waals surface area (Å²) in [6.07, 6.45) is 4.65. The van der Waals surface area contributed by atoms with E-state index in [9.17, 15) is 18.0 Å². The molecule has 0 unspecified atom stereocenters. The molecular formula is C22H28N4O4S. The number of pyridine rings is 1. The lowest BCUT2D eigenvalue weighted by Crippen LogP contribution is -2.41. The van der Waals surface area contributed by atoms with Crippen molar-refractivity contribution in [2.24, 2.45) is 11.8 Å². The molecule has 0 saturated carbocycles. The first-order valence-electron chi connectivity index (χ1n) is 10.4. The van der Waals surface area contributed by atoms with E-state index in [1.807, 2.05) is 0 Å². The molecule has 2 aromatic rings. The highest BCUT2D eigenvalue weighted by Gasteiger charge is 2.25. The van der Waals surface area contributed by atoms with E-state index >= 15 is 0 Å². The first-order chi connectivity index (χ1) is 14.8. The standard InChI is InChI=1S/C22H28N4O4S/c1-16(2)21(27)25-19-5-7-20(8-6-19)31(29,30)24-14-17-9-12-26(13-10-17)22(28)18-4-3-11-23-15-18/h3-8,11,15-17,24H,9-10,12-14H2,1-2H3,(H,25,27). The van der Waals surface area contributed by atoms with E-state index in [1.165, 1.54) is 12.1 Å². The highest BCUT2D eigenvalue weighted by molar-refractivity contribution is 7.89. The molecule has 9 heteroatoms. The number of hydrogen-bond acceptors (Lipinski definition) is 5. The van der Waals surface area contributed by atoms with Gasteiger partial charge in [0.1, 0.15) is 0 Å². The molecule has 1 aliphatic rings. The van der Waals surface area contributed by atoms with E-state index in [-0.39, 0.29) is 28.5 Å². The van der Waals surface area contributed by atoms with Crippen molar-refractivity contribution in [3.05, 3.63) is 54.4 Å². The van der Waals surface area contributed by atoms with Gasteiger partial charge in [0.05, 0.1) is 10.5 Å². The Bertz CT molecular complexity index is 1000. The molecule has 2 amide bonds. The van der Waals surface area contributed by atoms with Crippen molar-refractivity contribution < 1.29 is 18.0 Å². The topological polar surface area (TPSA) is 108 Å². The molecule has 1 aliphatic heterocycles. The van der Waals surface area contributed by atoms with Gasteiger partial charge in [0.2, 0.25) is 15.9 Å². The summed E-state index contributed by atoms with van der Waals surface area (Å²) in [4.78, 5) is 30.2. The molecule has 1 saturated heterocycles. The van der Waals surface area contributed by atoms with Gasteiger partial charge in [-0.05, 0) is 55.2 Å². The van der Waals surface area contributed by atoms with Crippen molar-refractivity contribution in [3.63, 3.8) is 0 Å². The Balaban J connectivity index is 1.50. The first kappa shape index (κ1) is 22.9. The van der Waals surface area contributed by atoms with Gasteiger partial charge < -0.3 is 10.2 Å². The third-order valence-corrected chi connectivity index (χ3v) is 6.77. The predicted octanol–water partition coefficient (Wildman–Crippen LogP) is 2.51. The normalized spacial score (nSPS) is 15.1. The Hall–Kier alpha value is -2.78. The number of likely N-dealkylation sites (tertiary alicyclic amines) is 1. The van der Waals surface area contributed by atoms with Gasteiger partial charge >= 0.3 is 0 Å². The van der Waals surface area contributed by atoms with Crippen LogP contribution in [0.4, 0.5) is 5.69 Å². The van der Waals surface area contributed by atoms with Crippen molar-refractivity contribution in [3.8, 4) is 0 Å². The molecule has 0 aliphatic carbocycles. The second-order valence-electron chi connectivity index (χ2n) is 8.00. The van der Waals surface area contributed by atoms with Gasteiger partial charge in [0.25, 0.3) is 5.91 Å². The van der Waals surface area contributed by atoms with Crippen LogP contribution in [0.3, 0.4) is 0 Å². The van der Waals surface area contributed by atoms with Gasteiger partial charge in [-0.2, -0.15) is 0 Å². The first-order valence-corrected chi connectivity index (χ1v) is 11.8. The quantitative estimate of drug-likeness (QED) is 0.682. The summed E-state index contributed by atoms with van der Waals surface area (Å²) in [6, 6.07) is 9.60. The number of rotatable bonds is 7. The summed E-state index contributed by atoms with van der Waals surface area (Å²) in [5.41, 5.74) is 1.12. The van der Waals surface area contributed by atoms with Crippen LogP contribution in [0.1, 0.15) is 37.0 Å². The molecule has 3 rings (SSSR count). The summed E-state index contributed by atoms with van der Waals surface area (Å²) in [6.45, 7) is 5.08. The van der Waals surface area contributed by atoms with E-state index in [1.54, 1.807) is 55.4 Å². The number of sulfonamides is 1. The maximum Gasteiger partial charge on any atom is 0.255 e. The molecular weight excluding hydrogens is 416 g/mol. The fraction of sp³-hybridized carbons (Fsp3) is 0.409. The van der Waals surface area contributed by atoms with Crippen molar-refractivity contribution in [2.75, 3.05) is 25.0 Å². The molecule has 1 fully saturated rings. The maximum atomic E-state index is 12.6. The van der Waals surface area contributed by atoms with Crippen LogP contribution < -0.4 is 10.0 Å². The zero-order chi connectivity index (χ0) is 22.4. The van der Waals surface area contributed by atoms with Gasteiger partial charge in [-0.1, -0.05) is 13.8 Å². The van der Waals surface area contributed by atoms with Gasteiger partial charge in [-0.25, -0.2) is 13.1 Å². The maximum absolute atomic E-state index is 12.6. The number of carbonyl (C=O) groups is 2. The molecule has 31 heavy (non-hydrogen) atoms. The SMILES string of the molecule is CC(C)C(=O)Nc1ccc(S(=O)(=O)NCC2CCN(C(=O)c3cccnc3)CC2)cc1. The summed E-state index contributed by atoms with van der Waals surface area (Å²) in [5.74, 6) is -0.160.